The summed E-state index contributed by atoms with van der Waals surface area (Å²) in [7, 11) is 0. The number of anilines is 1. The number of benzene rings is 2. The number of rotatable bonds is 31. The van der Waals surface area contributed by atoms with E-state index < -0.39 is 6.04 Å². The van der Waals surface area contributed by atoms with Gasteiger partial charge >= 0.3 is 0 Å². The highest BCUT2D eigenvalue weighted by Gasteiger charge is 2.32. The molecule has 2 aromatic heterocycles. The maximum absolute atomic E-state index is 13.5. The summed E-state index contributed by atoms with van der Waals surface area (Å²) in [5, 5.41) is 13.6. The maximum atomic E-state index is 13.5. The van der Waals surface area contributed by atoms with Crippen LogP contribution in [0.15, 0.2) is 53.5 Å². The molecule has 1 amide bonds. The van der Waals surface area contributed by atoms with Crippen molar-refractivity contribution in [1.29, 1.82) is 0 Å². The first kappa shape index (κ1) is 48.4. The molecule has 1 aliphatic heterocycles. The second-order valence-corrected chi connectivity index (χ2v) is 15.8. The van der Waals surface area contributed by atoms with Crippen LogP contribution in [0.3, 0.4) is 0 Å². The molecule has 0 saturated heterocycles. The van der Waals surface area contributed by atoms with Crippen molar-refractivity contribution in [3.05, 3.63) is 92.3 Å². The zero-order valence-electron chi connectivity index (χ0n) is 35.7. The Kier molecular flexibility index (Phi) is 21.7. The summed E-state index contributed by atoms with van der Waals surface area (Å²) in [6.07, 6.45) is 1.83. The van der Waals surface area contributed by atoms with E-state index in [-0.39, 0.29) is 12.3 Å². The quantitative estimate of drug-likeness (QED) is 0.0579. The van der Waals surface area contributed by atoms with Gasteiger partial charge in [-0.1, -0.05) is 35.9 Å². The lowest BCUT2D eigenvalue weighted by Gasteiger charge is -2.13. The number of aromatic nitrogens is 3. The highest BCUT2D eigenvalue weighted by Crippen LogP contribution is 2.39. The summed E-state index contributed by atoms with van der Waals surface area (Å²) < 4.78 is 46.0. The first-order valence-corrected chi connectivity index (χ1v) is 22.1. The molecule has 0 bridgehead atoms. The number of carbonyl (C=O) groups excluding carboxylic acids is 1. The van der Waals surface area contributed by atoms with Crippen LogP contribution in [0.25, 0.3) is 5.00 Å². The number of nitrogens with two attached hydrogens (primary N) is 1. The Hall–Kier alpha value is -3.65. The van der Waals surface area contributed by atoms with Crippen molar-refractivity contribution >= 4 is 40.2 Å². The van der Waals surface area contributed by atoms with E-state index in [1.807, 2.05) is 60.0 Å². The van der Waals surface area contributed by atoms with E-state index in [1.54, 1.807) is 11.3 Å². The lowest BCUT2D eigenvalue weighted by atomic mass is 9.99. The SMILES string of the molecule is Cc1sc2c(c1C)C(c1ccc(Cl)cc1)=N[C@@H](CC(=O)Nc1ccc(CCCOCCOCCOCCOCCOCCOCCOCCOCCN)cc1)c1nnc(C)n1-2. The number of aliphatic imine (C=N–C) groups is 1. The zero-order valence-corrected chi connectivity index (χ0v) is 37.2. The number of nitrogens with one attached hydrogen (secondary N) is 1. The molecule has 3 heterocycles. The fraction of sp³-hybridized carbons (Fsp3) is 0.545. The third kappa shape index (κ3) is 16.2. The van der Waals surface area contributed by atoms with Crippen LogP contribution in [0.4, 0.5) is 5.69 Å². The molecule has 3 N–H and O–H groups in total. The largest absolute Gasteiger partial charge is 0.379 e. The highest BCUT2D eigenvalue weighted by atomic mass is 35.5. The van der Waals surface area contributed by atoms with Gasteiger partial charge in [0.25, 0.3) is 0 Å². The van der Waals surface area contributed by atoms with Crippen LogP contribution >= 0.6 is 22.9 Å². The van der Waals surface area contributed by atoms with Gasteiger partial charge in [-0.25, -0.2) is 0 Å². The van der Waals surface area contributed by atoms with E-state index in [0.717, 1.165) is 57.3 Å². The molecule has 4 aromatic rings. The number of hydrogen-bond donors (Lipinski definition) is 2. The molecule has 0 unspecified atom stereocenters. The Labute approximate surface area is 368 Å². The lowest BCUT2D eigenvalue weighted by Crippen LogP contribution is -2.17. The molecule has 17 heteroatoms. The summed E-state index contributed by atoms with van der Waals surface area (Å²) >= 11 is 7.93. The van der Waals surface area contributed by atoms with Gasteiger partial charge in [0.2, 0.25) is 5.91 Å². The van der Waals surface area contributed by atoms with Crippen molar-refractivity contribution in [1.82, 2.24) is 14.8 Å². The fourth-order valence-corrected chi connectivity index (χ4v) is 7.72. The summed E-state index contributed by atoms with van der Waals surface area (Å²) in [5.74, 6) is 1.24. The van der Waals surface area contributed by atoms with E-state index in [4.69, 9.17) is 60.2 Å². The van der Waals surface area contributed by atoms with Gasteiger partial charge in [0, 0.05) is 39.9 Å². The predicted octanol–water partition coefficient (Wildman–Crippen LogP) is 5.85. The molecular formula is C44H61ClN6O9S. The van der Waals surface area contributed by atoms with E-state index >= 15 is 0 Å². The van der Waals surface area contributed by atoms with Crippen LogP contribution in [-0.4, -0.2) is 139 Å². The number of nitrogens with zero attached hydrogens (tertiary/aromatic N) is 4. The number of halogens is 1. The standard InChI is InChI=1S/C44H61ClN6O9S/c1-32-33(2)61-44-41(32)42(36-8-10-37(45)11-9-36)48-39(43-50-49-34(3)51(43)44)31-40(52)47-38-12-6-35(7-13-38)5-4-15-53-17-19-55-21-23-57-25-27-59-29-30-60-28-26-58-24-22-56-20-18-54-16-14-46/h6-13,39H,4-5,14-31,46H2,1-3H3,(H,47,52)/t39-/m0/s1. The van der Waals surface area contributed by atoms with Gasteiger partial charge in [0.15, 0.2) is 5.82 Å². The van der Waals surface area contributed by atoms with Gasteiger partial charge in [-0.05, 0) is 69.0 Å². The van der Waals surface area contributed by atoms with Crippen LogP contribution in [0.1, 0.15) is 57.7 Å². The van der Waals surface area contributed by atoms with Crippen molar-refractivity contribution in [3.63, 3.8) is 0 Å². The molecule has 2 aromatic carbocycles. The molecule has 1 atom stereocenters. The van der Waals surface area contributed by atoms with Crippen molar-refractivity contribution < 1.29 is 42.7 Å². The molecule has 0 radical (unpaired) electrons. The number of fused-ring (bicyclic) bond motifs is 3. The van der Waals surface area contributed by atoms with Gasteiger partial charge < -0.3 is 48.9 Å². The van der Waals surface area contributed by atoms with Crippen LogP contribution < -0.4 is 11.1 Å². The number of ether oxygens (including phenoxy) is 8. The van der Waals surface area contributed by atoms with Crippen LogP contribution in [-0.2, 0) is 49.1 Å². The van der Waals surface area contributed by atoms with E-state index in [2.05, 4.69) is 29.4 Å². The third-order valence-electron chi connectivity index (χ3n) is 9.59. The van der Waals surface area contributed by atoms with Crippen LogP contribution in [0.5, 0.6) is 0 Å². The number of carbonyl (C=O) groups is 1. The summed E-state index contributed by atoms with van der Waals surface area (Å²) in [5.41, 5.74) is 11.2. The zero-order chi connectivity index (χ0) is 43.1. The Morgan fingerprint density at radius 2 is 1.21 bits per heavy atom. The third-order valence-corrected chi connectivity index (χ3v) is 11.0. The topological polar surface area (TPSA) is 172 Å². The van der Waals surface area contributed by atoms with E-state index in [9.17, 15) is 4.79 Å². The van der Waals surface area contributed by atoms with E-state index in [0.29, 0.717) is 123 Å². The summed E-state index contributed by atoms with van der Waals surface area (Å²) in [6, 6.07) is 15.0. The molecule has 61 heavy (non-hydrogen) atoms. The van der Waals surface area contributed by atoms with Crippen LogP contribution in [0.2, 0.25) is 5.02 Å². The molecule has 0 aliphatic carbocycles. The van der Waals surface area contributed by atoms with Gasteiger partial charge in [0.1, 0.15) is 16.9 Å². The van der Waals surface area contributed by atoms with E-state index in [1.165, 1.54) is 4.88 Å². The smallest absolute Gasteiger partial charge is 0.227 e. The number of amides is 1. The fourth-order valence-electron chi connectivity index (χ4n) is 6.38. The van der Waals surface area contributed by atoms with Gasteiger partial charge in [-0.2, -0.15) is 0 Å². The van der Waals surface area contributed by atoms with Crippen molar-refractivity contribution in [3.8, 4) is 5.00 Å². The minimum Gasteiger partial charge on any atom is -0.379 e. The molecule has 0 spiro atoms. The number of hydrogen-bond acceptors (Lipinski definition) is 14. The minimum atomic E-state index is -0.542. The Morgan fingerprint density at radius 3 is 1.74 bits per heavy atom. The normalized spacial score (nSPS) is 13.5. The molecule has 5 rings (SSSR count). The molecule has 0 fully saturated rings. The van der Waals surface area contributed by atoms with Gasteiger partial charge in [-0.3, -0.25) is 14.4 Å². The minimum absolute atomic E-state index is 0.105. The van der Waals surface area contributed by atoms with Gasteiger partial charge in [-0.15, -0.1) is 21.5 Å². The van der Waals surface area contributed by atoms with Crippen LogP contribution in [0, 0.1) is 20.8 Å². The molecule has 15 nitrogen and oxygen atoms in total. The molecule has 1 aliphatic rings. The van der Waals surface area contributed by atoms with Crippen molar-refractivity contribution in [2.75, 3.05) is 118 Å². The second kappa shape index (κ2) is 27.4. The summed E-state index contributed by atoms with van der Waals surface area (Å²) in [6.45, 7) is 15.0. The maximum Gasteiger partial charge on any atom is 0.227 e. The Bertz CT molecular complexity index is 1910. The monoisotopic (exact) mass is 884 g/mol. The van der Waals surface area contributed by atoms with Crippen molar-refractivity contribution in [2.45, 2.75) is 46.1 Å². The number of aryl methyl sites for hydroxylation is 3. The Morgan fingerprint density at radius 1 is 0.705 bits per heavy atom. The molecular weight excluding hydrogens is 824 g/mol. The second-order valence-electron chi connectivity index (χ2n) is 14.1. The van der Waals surface area contributed by atoms with Crippen molar-refractivity contribution in [2.24, 2.45) is 10.7 Å². The average molecular weight is 886 g/mol. The lowest BCUT2D eigenvalue weighted by molar-refractivity contribution is -0.116. The first-order valence-electron chi connectivity index (χ1n) is 20.9. The Balaban J connectivity index is 0.890. The van der Waals surface area contributed by atoms with Gasteiger partial charge in [0.05, 0.1) is 111 Å². The molecule has 334 valence electrons. The first-order chi connectivity index (χ1) is 29.9. The average Bonchev–Trinajstić information content (AvgIpc) is 3.74. The predicted molar refractivity (Wildman–Crippen MR) is 237 cm³/mol. The number of thiophene rings is 1. The summed E-state index contributed by atoms with van der Waals surface area (Å²) in [4.78, 5) is 19.9. The highest BCUT2D eigenvalue weighted by molar-refractivity contribution is 7.15. The molecule has 0 saturated carbocycles.